The molecule has 0 saturated heterocycles. The number of rotatable bonds is 2. The van der Waals surface area contributed by atoms with Crippen molar-refractivity contribution in [2.24, 2.45) is 0 Å². The van der Waals surface area contributed by atoms with Crippen LogP contribution in [0.4, 0.5) is 10.2 Å². The Kier molecular flexibility index (Phi) is 3.30. The van der Waals surface area contributed by atoms with E-state index in [4.69, 9.17) is 11.6 Å². The van der Waals surface area contributed by atoms with Crippen molar-refractivity contribution in [2.45, 2.75) is 0 Å². The highest BCUT2D eigenvalue weighted by Gasteiger charge is 2.08. The number of nitrogens with zero attached hydrogens (tertiary/aromatic N) is 2. The fourth-order valence-corrected chi connectivity index (χ4v) is 1.28. The summed E-state index contributed by atoms with van der Waals surface area (Å²) in [6.45, 7) is 0. The average Bonchev–Trinajstić information content (AvgIpc) is 2.32. The van der Waals surface area contributed by atoms with Gasteiger partial charge in [-0.25, -0.2) is 9.97 Å². The summed E-state index contributed by atoms with van der Waals surface area (Å²) in [7, 11) is 0. The maximum absolute atomic E-state index is 12.8. The number of anilines is 1. The molecule has 0 unspecified atom stereocenters. The van der Waals surface area contributed by atoms with Gasteiger partial charge in [0.15, 0.2) is 0 Å². The summed E-state index contributed by atoms with van der Waals surface area (Å²) in [6.07, 6.45) is 1.40. The molecule has 86 valence electrons. The lowest BCUT2D eigenvalue weighted by molar-refractivity contribution is 0.102. The lowest BCUT2D eigenvalue weighted by atomic mass is 10.3. The highest BCUT2D eigenvalue weighted by molar-refractivity contribution is 6.30. The number of aromatic nitrogens is 2. The molecule has 2 aromatic rings. The Morgan fingerprint density at radius 3 is 2.76 bits per heavy atom. The van der Waals surface area contributed by atoms with E-state index in [0.717, 1.165) is 6.07 Å². The van der Waals surface area contributed by atoms with Crippen molar-refractivity contribution >= 4 is 23.3 Å². The summed E-state index contributed by atoms with van der Waals surface area (Å²) in [5.41, 5.74) is -0.0123. The molecule has 6 heteroatoms. The molecule has 1 amide bonds. The number of pyridine rings is 2. The molecule has 0 fully saturated rings. The van der Waals surface area contributed by atoms with Gasteiger partial charge < -0.3 is 5.32 Å². The van der Waals surface area contributed by atoms with Gasteiger partial charge in [-0.3, -0.25) is 4.79 Å². The van der Waals surface area contributed by atoms with E-state index in [-0.39, 0.29) is 5.69 Å². The summed E-state index contributed by atoms with van der Waals surface area (Å²) in [4.78, 5) is 19.0. The molecule has 0 atom stereocenters. The van der Waals surface area contributed by atoms with Gasteiger partial charge in [0.1, 0.15) is 11.5 Å². The largest absolute Gasteiger partial charge is 0.305 e. The maximum Gasteiger partial charge on any atom is 0.275 e. The van der Waals surface area contributed by atoms with Gasteiger partial charge in [-0.05, 0) is 24.3 Å². The summed E-state index contributed by atoms with van der Waals surface area (Å²) in [5, 5.41) is 2.94. The van der Waals surface area contributed by atoms with Crippen LogP contribution < -0.4 is 5.32 Å². The van der Waals surface area contributed by atoms with E-state index in [2.05, 4.69) is 15.3 Å². The van der Waals surface area contributed by atoms with Gasteiger partial charge in [0, 0.05) is 6.20 Å². The second-order valence-electron chi connectivity index (χ2n) is 3.16. The van der Waals surface area contributed by atoms with E-state index in [1.54, 1.807) is 12.1 Å². The van der Waals surface area contributed by atoms with Crippen LogP contribution >= 0.6 is 11.6 Å². The third kappa shape index (κ3) is 2.98. The van der Waals surface area contributed by atoms with E-state index in [1.165, 1.54) is 18.3 Å². The van der Waals surface area contributed by atoms with Gasteiger partial charge in [-0.1, -0.05) is 17.7 Å². The number of hydrogen-bond acceptors (Lipinski definition) is 3. The van der Waals surface area contributed by atoms with Crippen molar-refractivity contribution in [1.29, 1.82) is 0 Å². The third-order valence-electron chi connectivity index (χ3n) is 1.92. The van der Waals surface area contributed by atoms with Crippen LogP contribution in [0.3, 0.4) is 0 Å². The smallest absolute Gasteiger partial charge is 0.275 e. The molecule has 0 aliphatic rings. The Morgan fingerprint density at radius 1 is 1.29 bits per heavy atom. The van der Waals surface area contributed by atoms with Crippen LogP contribution in [0.15, 0.2) is 36.5 Å². The second-order valence-corrected chi connectivity index (χ2v) is 3.60. The monoisotopic (exact) mass is 251 g/mol. The predicted octanol–water partition coefficient (Wildman–Crippen LogP) is 2.52. The standard InChI is InChI=1S/C11H7ClFN3O/c12-7-4-5-10(14-6-7)16-11(17)8-2-1-3-9(13)15-8/h1-6H,(H,14,16,17). The SMILES string of the molecule is O=C(Nc1ccc(Cl)cn1)c1cccc(F)n1. The highest BCUT2D eigenvalue weighted by atomic mass is 35.5. The van der Waals surface area contributed by atoms with Gasteiger partial charge in [0.25, 0.3) is 5.91 Å². The average molecular weight is 252 g/mol. The van der Waals surface area contributed by atoms with Crippen LogP contribution in [-0.4, -0.2) is 15.9 Å². The van der Waals surface area contributed by atoms with E-state index < -0.39 is 11.9 Å². The number of carbonyl (C=O) groups is 1. The minimum absolute atomic E-state index is 0.0123. The van der Waals surface area contributed by atoms with Crippen molar-refractivity contribution in [3.05, 3.63) is 53.2 Å². The fourth-order valence-electron chi connectivity index (χ4n) is 1.16. The van der Waals surface area contributed by atoms with E-state index in [0.29, 0.717) is 10.8 Å². The molecule has 0 bridgehead atoms. The number of carbonyl (C=O) groups excluding carboxylic acids is 1. The quantitative estimate of drug-likeness (QED) is 0.835. The Morgan fingerprint density at radius 2 is 2.12 bits per heavy atom. The first-order valence-corrected chi connectivity index (χ1v) is 5.08. The number of hydrogen-bond donors (Lipinski definition) is 1. The molecule has 1 N–H and O–H groups in total. The summed E-state index contributed by atoms with van der Waals surface area (Å²) >= 11 is 5.65. The molecule has 0 spiro atoms. The lowest BCUT2D eigenvalue weighted by Gasteiger charge is -2.03. The van der Waals surface area contributed by atoms with E-state index in [9.17, 15) is 9.18 Å². The van der Waals surface area contributed by atoms with Crippen LogP contribution in [0, 0.1) is 5.95 Å². The number of nitrogens with one attached hydrogen (secondary N) is 1. The van der Waals surface area contributed by atoms with Gasteiger partial charge in [-0.2, -0.15) is 4.39 Å². The zero-order chi connectivity index (χ0) is 12.3. The molecule has 0 aromatic carbocycles. The minimum atomic E-state index is -0.707. The topological polar surface area (TPSA) is 54.9 Å². The second kappa shape index (κ2) is 4.88. The zero-order valence-electron chi connectivity index (χ0n) is 8.52. The van der Waals surface area contributed by atoms with Gasteiger partial charge in [-0.15, -0.1) is 0 Å². The third-order valence-corrected chi connectivity index (χ3v) is 2.14. The first-order valence-electron chi connectivity index (χ1n) is 4.70. The highest BCUT2D eigenvalue weighted by Crippen LogP contribution is 2.10. The Balaban J connectivity index is 2.14. The van der Waals surface area contributed by atoms with Gasteiger partial charge in [0.2, 0.25) is 5.95 Å². The van der Waals surface area contributed by atoms with Gasteiger partial charge >= 0.3 is 0 Å². The molecule has 0 saturated carbocycles. The minimum Gasteiger partial charge on any atom is -0.305 e. The van der Waals surface area contributed by atoms with Crippen LogP contribution in [0.2, 0.25) is 5.02 Å². The van der Waals surface area contributed by atoms with Crippen LogP contribution in [0.5, 0.6) is 0 Å². The van der Waals surface area contributed by atoms with Crippen molar-refractivity contribution in [1.82, 2.24) is 9.97 Å². The summed E-state index contributed by atoms with van der Waals surface area (Å²) in [5.74, 6) is -0.911. The predicted molar refractivity (Wildman–Crippen MR) is 61.4 cm³/mol. The number of halogens is 2. The van der Waals surface area contributed by atoms with Gasteiger partial charge in [0.05, 0.1) is 5.02 Å². The molecule has 2 rings (SSSR count). The molecular weight excluding hydrogens is 245 g/mol. The lowest BCUT2D eigenvalue weighted by Crippen LogP contribution is -2.14. The molecule has 4 nitrogen and oxygen atoms in total. The zero-order valence-corrected chi connectivity index (χ0v) is 9.28. The normalized spacial score (nSPS) is 10.0. The molecule has 17 heavy (non-hydrogen) atoms. The van der Waals surface area contributed by atoms with E-state index >= 15 is 0 Å². The molecule has 0 aliphatic carbocycles. The molecule has 2 heterocycles. The van der Waals surface area contributed by atoms with Crippen molar-refractivity contribution < 1.29 is 9.18 Å². The molecule has 0 radical (unpaired) electrons. The van der Waals surface area contributed by atoms with Crippen molar-refractivity contribution in [3.63, 3.8) is 0 Å². The van der Waals surface area contributed by atoms with Crippen LogP contribution in [0.25, 0.3) is 0 Å². The fraction of sp³-hybridized carbons (Fsp3) is 0. The molecule has 0 aliphatic heterocycles. The molecule has 2 aromatic heterocycles. The first-order chi connectivity index (χ1) is 8.15. The van der Waals surface area contributed by atoms with Crippen LogP contribution in [-0.2, 0) is 0 Å². The maximum atomic E-state index is 12.8. The van der Waals surface area contributed by atoms with E-state index in [1.807, 2.05) is 0 Å². The first kappa shape index (κ1) is 11.5. The Hall–Kier alpha value is -2.01. The summed E-state index contributed by atoms with van der Waals surface area (Å²) < 4.78 is 12.8. The van der Waals surface area contributed by atoms with Crippen molar-refractivity contribution in [3.8, 4) is 0 Å². The van der Waals surface area contributed by atoms with Crippen LogP contribution in [0.1, 0.15) is 10.5 Å². The Labute approximate surface area is 101 Å². The Bertz CT molecular complexity index is 545. The number of amides is 1. The molecular formula is C11H7ClFN3O. The van der Waals surface area contributed by atoms with Crippen molar-refractivity contribution in [2.75, 3.05) is 5.32 Å². The summed E-state index contributed by atoms with van der Waals surface area (Å²) in [6, 6.07) is 7.11.